The molecule has 0 bridgehead atoms. The average Bonchev–Trinajstić information content (AvgIpc) is 3.73. The van der Waals surface area contributed by atoms with E-state index in [-0.39, 0.29) is 41.2 Å². The molecule has 1 aromatic carbocycles. The van der Waals surface area contributed by atoms with E-state index in [9.17, 15) is 27.2 Å². The van der Waals surface area contributed by atoms with Gasteiger partial charge in [-0.05, 0) is 88.3 Å². The van der Waals surface area contributed by atoms with Crippen molar-refractivity contribution >= 4 is 29.1 Å². The van der Waals surface area contributed by atoms with Gasteiger partial charge in [0.25, 0.3) is 0 Å². The molecule has 2 heterocycles. The van der Waals surface area contributed by atoms with Crippen LogP contribution >= 0.6 is 11.3 Å². The highest BCUT2D eigenvalue weighted by Gasteiger charge is 2.52. The van der Waals surface area contributed by atoms with E-state index in [1.807, 2.05) is 24.8 Å². The number of ketones is 1. The molecular weight excluding hydrogens is 568 g/mol. The van der Waals surface area contributed by atoms with Crippen LogP contribution in [0.2, 0.25) is 0 Å². The van der Waals surface area contributed by atoms with E-state index in [1.165, 1.54) is 12.1 Å². The quantitative estimate of drug-likeness (QED) is 0.220. The summed E-state index contributed by atoms with van der Waals surface area (Å²) in [4.78, 5) is 33.1. The zero-order valence-corrected chi connectivity index (χ0v) is 24.3. The number of carbonyl (C=O) groups excluding carboxylic acids is 2. The Morgan fingerprint density at radius 2 is 1.81 bits per heavy atom. The maximum atomic E-state index is 14.4. The molecule has 6 nitrogen and oxygen atoms in total. The standard InChI is InChI=1S/C31H32F4N4O2S/c1-18(2)38(29(41)19-5-3-4-6-19)24-10-7-21-13-25-20(16-37-39(25)23-11-8-22(32)9-12-23)14-30(21,15-24)27(40)28-36-17-26(42-28)31(33,34)35/h8-9,11-13,16-19,24H,3-7,10,14-15H2,1-2H3/t24-,30-/m0/s1. The molecular formula is C31H32F4N4O2S. The first-order chi connectivity index (χ1) is 20.0. The number of Topliss-reactive ketones (excluding diaryl/α,β-unsaturated/α-hetero) is 1. The van der Waals surface area contributed by atoms with Crippen LogP contribution in [-0.2, 0) is 17.4 Å². The third-order valence-electron chi connectivity index (χ3n) is 9.03. The molecule has 3 aromatic rings. The van der Waals surface area contributed by atoms with Gasteiger partial charge in [-0.2, -0.15) is 18.3 Å². The smallest absolute Gasteiger partial charge is 0.337 e. The number of halogens is 4. The van der Waals surface area contributed by atoms with E-state index in [0.717, 1.165) is 48.7 Å². The second-order valence-electron chi connectivity index (χ2n) is 11.9. The van der Waals surface area contributed by atoms with E-state index >= 15 is 0 Å². The number of hydrogen-bond donors (Lipinski definition) is 0. The number of alkyl halides is 3. The highest BCUT2D eigenvalue weighted by Crippen LogP contribution is 2.52. The molecule has 0 saturated heterocycles. The predicted molar refractivity (Wildman–Crippen MR) is 151 cm³/mol. The molecule has 42 heavy (non-hydrogen) atoms. The molecule has 2 atom stereocenters. The fourth-order valence-electron chi connectivity index (χ4n) is 7.06. The lowest BCUT2D eigenvalue weighted by molar-refractivity contribution is -0.141. The van der Waals surface area contributed by atoms with Crippen LogP contribution in [0.5, 0.6) is 0 Å². The maximum Gasteiger partial charge on any atom is 0.427 e. The van der Waals surface area contributed by atoms with Crippen molar-refractivity contribution in [1.29, 1.82) is 0 Å². The largest absolute Gasteiger partial charge is 0.427 e. The second kappa shape index (κ2) is 10.7. The van der Waals surface area contributed by atoms with Gasteiger partial charge in [0, 0.05) is 18.0 Å². The average molecular weight is 601 g/mol. The fourth-order valence-corrected chi connectivity index (χ4v) is 7.89. The minimum atomic E-state index is -4.60. The van der Waals surface area contributed by atoms with Gasteiger partial charge >= 0.3 is 6.18 Å². The van der Waals surface area contributed by atoms with Crippen molar-refractivity contribution in [3.8, 4) is 5.69 Å². The number of carbonyl (C=O) groups is 2. The van der Waals surface area contributed by atoms with Crippen molar-refractivity contribution in [2.45, 2.75) is 83.5 Å². The Morgan fingerprint density at radius 1 is 1.10 bits per heavy atom. The van der Waals surface area contributed by atoms with Crippen LogP contribution in [0.3, 0.4) is 0 Å². The summed E-state index contributed by atoms with van der Waals surface area (Å²) in [6.45, 7) is 3.96. The van der Waals surface area contributed by atoms with Gasteiger partial charge in [0.05, 0.1) is 29.2 Å². The van der Waals surface area contributed by atoms with Crippen molar-refractivity contribution in [3.05, 3.63) is 69.2 Å². The van der Waals surface area contributed by atoms with Crippen LogP contribution in [-0.4, -0.2) is 43.4 Å². The SMILES string of the molecule is CC(C)N(C(=O)C1CCCC1)[C@H]1CCC2=Cc3c(cnn3-c3ccc(F)cc3)C[C@]2(C(=O)c2ncc(C(F)(F)F)s2)C1. The molecule has 0 radical (unpaired) electrons. The molecule has 0 aliphatic heterocycles. The summed E-state index contributed by atoms with van der Waals surface area (Å²) in [5, 5.41) is 4.35. The van der Waals surface area contributed by atoms with Crippen LogP contribution in [0.4, 0.5) is 17.6 Å². The van der Waals surface area contributed by atoms with Gasteiger partial charge in [0.15, 0.2) is 5.01 Å². The number of rotatable bonds is 6. The van der Waals surface area contributed by atoms with Gasteiger partial charge in [0.1, 0.15) is 10.7 Å². The number of amides is 1. The van der Waals surface area contributed by atoms with Crippen LogP contribution in [0.1, 0.15) is 84.7 Å². The van der Waals surface area contributed by atoms with Crippen LogP contribution in [0, 0.1) is 17.2 Å². The third-order valence-corrected chi connectivity index (χ3v) is 10.1. The van der Waals surface area contributed by atoms with Gasteiger partial charge in [-0.1, -0.05) is 18.4 Å². The van der Waals surface area contributed by atoms with Gasteiger partial charge in [-0.25, -0.2) is 14.1 Å². The van der Waals surface area contributed by atoms with Crippen molar-refractivity contribution in [2.75, 3.05) is 0 Å². The molecule has 0 N–H and O–H groups in total. The number of hydrogen-bond acceptors (Lipinski definition) is 5. The van der Waals surface area contributed by atoms with Gasteiger partial charge in [-0.3, -0.25) is 9.59 Å². The lowest BCUT2D eigenvalue weighted by Crippen LogP contribution is -2.53. The third kappa shape index (κ3) is 4.99. The van der Waals surface area contributed by atoms with Crippen molar-refractivity contribution in [2.24, 2.45) is 11.3 Å². The van der Waals surface area contributed by atoms with Crippen LogP contribution in [0.25, 0.3) is 11.8 Å². The summed E-state index contributed by atoms with van der Waals surface area (Å²) < 4.78 is 55.7. The summed E-state index contributed by atoms with van der Waals surface area (Å²) in [5.41, 5.74) is 1.83. The molecule has 0 unspecified atom stereocenters. The summed E-state index contributed by atoms with van der Waals surface area (Å²) in [6.07, 6.45) is 5.15. The normalized spacial score (nSPS) is 22.5. The number of allylic oxidation sites excluding steroid dienone is 1. The molecule has 6 rings (SSSR count). The van der Waals surface area contributed by atoms with Crippen LogP contribution < -0.4 is 0 Å². The molecule has 3 aliphatic carbocycles. The number of nitrogens with zero attached hydrogens (tertiary/aromatic N) is 4. The Balaban J connectivity index is 1.42. The number of thiazole rings is 1. The Labute approximate surface area is 245 Å². The van der Waals surface area contributed by atoms with Crippen molar-refractivity contribution in [3.63, 3.8) is 0 Å². The summed E-state index contributed by atoms with van der Waals surface area (Å²) in [5.74, 6) is -0.742. The molecule has 2 fully saturated rings. The van der Waals surface area contributed by atoms with E-state index in [0.29, 0.717) is 36.3 Å². The maximum absolute atomic E-state index is 14.4. The second-order valence-corrected chi connectivity index (χ2v) is 13.0. The zero-order chi connectivity index (χ0) is 29.8. The van der Waals surface area contributed by atoms with Gasteiger partial charge in [0.2, 0.25) is 11.7 Å². The molecule has 3 aliphatic rings. The molecule has 222 valence electrons. The fraction of sp³-hybridized carbons (Fsp3) is 0.484. The van der Waals surface area contributed by atoms with Crippen molar-refractivity contribution < 1.29 is 27.2 Å². The number of benzene rings is 1. The van der Waals surface area contributed by atoms with Gasteiger partial charge < -0.3 is 4.90 Å². The first kappa shape index (κ1) is 28.8. The Kier molecular flexibility index (Phi) is 7.35. The van der Waals surface area contributed by atoms with E-state index in [1.54, 1.807) is 23.0 Å². The summed E-state index contributed by atoms with van der Waals surface area (Å²) in [7, 11) is 0. The summed E-state index contributed by atoms with van der Waals surface area (Å²) >= 11 is 0.370. The number of aromatic nitrogens is 3. The Bertz CT molecular complexity index is 1530. The molecule has 2 aromatic heterocycles. The summed E-state index contributed by atoms with van der Waals surface area (Å²) in [6, 6.07) is 5.61. The first-order valence-corrected chi connectivity index (χ1v) is 15.2. The minimum absolute atomic E-state index is 0.0313. The highest BCUT2D eigenvalue weighted by atomic mass is 32.1. The molecule has 2 saturated carbocycles. The lowest BCUT2D eigenvalue weighted by atomic mass is 9.60. The first-order valence-electron chi connectivity index (χ1n) is 14.4. The number of fused-ring (bicyclic) bond motifs is 2. The minimum Gasteiger partial charge on any atom is -0.337 e. The van der Waals surface area contributed by atoms with Gasteiger partial charge in [-0.15, -0.1) is 11.3 Å². The van der Waals surface area contributed by atoms with E-state index < -0.39 is 22.3 Å². The Morgan fingerprint density at radius 3 is 2.45 bits per heavy atom. The predicted octanol–water partition coefficient (Wildman–Crippen LogP) is 7.28. The molecule has 1 amide bonds. The van der Waals surface area contributed by atoms with E-state index in [2.05, 4.69) is 10.1 Å². The zero-order valence-electron chi connectivity index (χ0n) is 23.5. The van der Waals surface area contributed by atoms with Crippen LogP contribution in [0.15, 0.2) is 42.2 Å². The highest BCUT2D eigenvalue weighted by molar-refractivity contribution is 7.13. The Hall–Kier alpha value is -3.34. The molecule has 0 spiro atoms. The molecule has 11 heteroatoms. The topological polar surface area (TPSA) is 68.1 Å². The van der Waals surface area contributed by atoms with E-state index in [4.69, 9.17) is 0 Å². The lowest BCUT2D eigenvalue weighted by Gasteiger charge is -2.48. The monoisotopic (exact) mass is 600 g/mol. The van der Waals surface area contributed by atoms with Crippen molar-refractivity contribution in [1.82, 2.24) is 19.7 Å².